The molecule has 0 bridgehead atoms. The Labute approximate surface area is 138 Å². The molecule has 0 unspecified atom stereocenters. The second kappa shape index (κ2) is 5.81. The first-order valence-electron chi connectivity index (χ1n) is 8.24. The number of benzene rings is 1. The molecule has 0 spiro atoms. The zero-order valence-corrected chi connectivity index (χ0v) is 13.5. The number of nitrogens with zero attached hydrogens (tertiary/aromatic N) is 2. The third kappa shape index (κ3) is 2.81. The molecule has 7 nitrogen and oxygen atoms in total. The van der Waals surface area contributed by atoms with E-state index in [-0.39, 0.29) is 24.4 Å². The number of carbonyl (C=O) groups excluding carboxylic acids is 1. The van der Waals surface area contributed by atoms with Gasteiger partial charge in [-0.25, -0.2) is 4.79 Å². The van der Waals surface area contributed by atoms with E-state index in [1.807, 2.05) is 29.2 Å². The van der Waals surface area contributed by atoms with Gasteiger partial charge in [0.15, 0.2) is 0 Å². The van der Waals surface area contributed by atoms with Gasteiger partial charge >= 0.3 is 11.3 Å². The van der Waals surface area contributed by atoms with Gasteiger partial charge in [0.25, 0.3) is 0 Å². The summed E-state index contributed by atoms with van der Waals surface area (Å²) >= 11 is 0. The lowest BCUT2D eigenvalue weighted by molar-refractivity contribution is -0.678. The SMILES string of the molecule is COc1ccc(-[n+]2[nH]oc(=O)c2CN(C(=O)C2CC2)C2CC2)cc1. The topological polar surface area (TPSA) is 79.4 Å². The van der Waals surface area contributed by atoms with Gasteiger partial charge in [0, 0.05) is 24.1 Å². The molecular formula is C17H20N3O4+. The Bertz CT molecular complexity index is 800. The number of amides is 1. The minimum Gasteiger partial charge on any atom is -0.497 e. The first kappa shape index (κ1) is 15.0. The van der Waals surface area contributed by atoms with Gasteiger partial charge in [-0.05, 0) is 47.8 Å². The van der Waals surface area contributed by atoms with E-state index in [0.29, 0.717) is 5.69 Å². The molecular weight excluding hydrogens is 310 g/mol. The van der Waals surface area contributed by atoms with Crippen molar-refractivity contribution in [3.8, 4) is 11.4 Å². The van der Waals surface area contributed by atoms with Crippen molar-refractivity contribution in [1.29, 1.82) is 0 Å². The van der Waals surface area contributed by atoms with E-state index < -0.39 is 5.63 Å². The number of hydrogen-bond donors (Lipinski definition) is 1. The van der Waals surface area contributed by atoms with Crippen LogP contribution in [0, 0.1) is 5.92 Å². The highest BCUT2D eigenvalue weighted by Crippen LogP contribution is 2.36. The Kier molecular flexibility index (Phi) is 3.63. The quantitative estimate of drug-likeness (QED) is 0.806. The summed E-state index contributed by atoms with van der Waals surface area (Å²) in [5, 5.41) is 2.63. The third-order valence-corrected chi connectivity index (χ3v) is 4.58. The third-order valence-electron chi connectivity index (χ3n) is 4.58. The maximum Gasteiger partial charge on any atom is 0.432 e. The summed E-state index contributed by atoms with van der Waals surface area (Å²) in [5.74, 6) is 1.04. The van der Waals surface area contributed by atoms with Crippen LogP contribution in [-0.2, 0) is 11.3 Å². The van der Waals surface area contributed by atoms with Gasteiger partial charge in [-0.15, -0.1) is 0 Å². The molecule has 0 atom stereocenters. The number of ether oxygens (including phenoxy) is 1. The van der Waals surface area contributed by atoms with Crippen molar-refractivity contribution in [1.82, 2.24) is 10.2 Å². The van der Waals surface area contributed by atoms with Crippen molar-refractivity contribution in [3.05, 3.63) is 40.4 Å². The van der Waals surface area contributed by atoms with Gasteiger partial charge in [-0.3, -0.25) is 9.32 Å². The van der Waals surface area contributed by atoms with E-state index in [0.717, 1.165) is 37.1 Å². The standard InChI is InChI=1S/C17H19N3O4/c1-23-14-8-6-13(7-9-14)20-15(17(22)24-18-20)10-19(12-4-5-12)16(21)11-2-3-11/h6-9,11-12H,2-5,10H2,1H3/p+1. The lowest BCUT2D eigenvalue weighted by Crippen LogP contribution is -2.44. The first-order valence-corrected chi connectivity index (χ1v) is 8.24. The average molecular weight is 330 g/mol. The fraction of sp³-hybridized carbons (Fsp3) is 0.471. The lowest BCUT2D eigenvalue weighted by atomic mass is 10.2. The van der Waals surface area contributed by atoms with Crippen LogP contribution in [0.1, 0.15) is 31.4 Å². The molecule has 126 valence electrons. The number of methoxy groups -OCH3 is 1. The maximum atomic E-state index is 12.5. The van der Waals surface area contributed by atoms with E-state index in [2.05, 4.69) is 5.27 Å². The lowest BCUT2D eigenvalue weighted by Gasteiger charge is -2.19. The van der Waals surface area contributed by atoms with E-state index in [9.17, 15) is 9.59 Å². The van der Waals surface area contributed by atoms with Crippen LogP contribution in [0.15, 0.2) is 33.6 Å². The number of carbonyl (C=O) groups is 1. The summed E-state index contributed by atoms with van der Waals surface area (Å²) in [5.41, 5.74) is 0.743. The number of hydrogen-bond acceptors (Lipinski definition) is 4. The molecule has 0 aliphatic heterocycles. The number of rotatable bonds is 6. The molecule has 2 saturated carbocycles. The molecule has 2 aliphatic rings. The molecule has 1 aromatic carbocycles. The van der Waals surface area contributed by atoms with Gasteiger partial charge in [0.05, 0.1) is 7.11 Å². The van der Waals surface area contributed by atoms with E-state index in [1.165, 1.54) is 0 Å². The summed E-state index contributed by atoms with van der Waals surface area (Å²) in [6, 6.07) is 7.55. The van der Waals surface area contributed by atoms with E-state index in [4.69, 9.17) is 9.26 Å². The van der Waals surface area contributed by atoms with Crippen LogP contribution in [-0.4, -0.2) is 29.2 Å². The van der Waals surface area contributed by atoms with Crippen molar-refractivity contribution in [2.75, 3.05) is 7.11 Å². The first-order chi connectivity index (χ1) is 11.7. The highest BCUT2D eigenvalue weighted by molar-refractivity contribution is 5.81. The minimum atomic E-state index is -0.444. The monoisotopic (exact) mass is 330 g/mol. The predicted octanol–water partition coefficient (Wildman–Crippen LogP) is 1.15. The summed E-state index contributed by atoms with van der Waals surface area (Å²) in [4.78, 5) is 26.5. The van der Waals surface area contributed by atoms with Gasteiger partial charge in [-0.1, -0.05) is 0 Å². The number of aromatic amines is 1. The summed E-state index contributed by atoms with van der Waals surface area (Å²) in [6.07, 6.45) is 3.94. The second-order valence-corrected chi connectivity index (χ2v) is 6.43. The van der Waals surface area contributed by atoms with Crippen LogP contribution in [0.3, 0.4) is 0 Å². The fourth-order valence-electron chi connectivity index (χ4n) is 2.87. The number of nitrogens with one attached hydrogen (secondary N) is 1. The predicted molar refractivity (Wildman–Crippen MR) is 83.7 cm³/mol. The molecule has 2 aromatic rings. The Morgan fingerprint density at radius 1 is 1.29 bits per heavy atom. The number of H-pyrrole nitrogens is 1. The molecule has 1 heterocycles. The molecule has 7 heteroatoms. The molecule has 2 fully saturated rings. The molecule has 4 rings (SSSR count). The van der Waals surface area contributed by atoms with Crippen molar-refractivity contribution in [2.24, 2.45) is 5.92 Å². The fourth-order valence-corrected chi connectivity index (χ4v) is 2.87. The summed E-state index contributed by atoms with van der Waals surface area (Å²) in [6.45, 7) is 0.276. The van der Waals surface area contributed by atoms with E-state index in [1.54, 1.807) is 11.8 Å². The van der Waals surface area contributed by atoms with Crippen molar-refractivity contribution < 1.29 is 18.7 Å². The second-order valence-electron chi connectivity index (χ2n) is 6.43. The minimum absolute atomic E-state index is 0.144. The van der Waals surface area contributed by atoms with Crippen LogP contribution >= 0.6 is 0 Å². The molecule has 2 aliphatic carbocycles. The zero-order valence-electron chi connectivity index (χ0n) is 13.5. The number of aromatic nitrogens is 2. The summed E-state index contributed by atoms with van der Waals surface area (Å²) in [7, 11) is 1.60. The van der Waals surface area contributed by atoms with Crippen LogP contribution in [0.2, 0.25) is 0 Å². The average Bonchev–Trinajstić information content (AvgIpc) is 3.51. The molecule has 1 aromatic heterocycles. The normalized spacial score (nSPS) is 16.9. The Morgan fingerprint density at radius 2 is 2.00 bits per heavy atom. The van der Waals surface area contributed by atoms with Crippen molar-refractivity contribution >= 4 is 5.91 Å². The summed E-state index contributed by atoms with van der Waals surface area (Å²) < 4.78 is 11.7. The molecule has 1 N–H and O–H groups in total. The zero-order chi connectivity index (χ0) is 16.7. The molecule has 24 heavy (non-hydrogen) atoms. The van der Waals surface area contributed by atoms with Gasteiger partial charge in [0.2, 0.25) is 11.6 Å². The smallest absolute Gasteiger partial charge is 0.432 e. The van der Waals surface area contributed by atoms with Crippen molar-refractivity contribution in [2.45, 2.75) is 38.3 Å². The van der Waals surface area contributed by atoms with Gasteiger partial charge in [0.1, 0.15) is 12.3 Å². The maximum absolute atomic E-state index is 12.5. The largest absolute Gasteiger partial charge is 0.497 e. The van der Waals surface area contributed by atoms with Gasteiger partial charge in [-0.2, -0.15) is 0 Å². The molecule has 1 amide bonds. The highest BCUT2D eigenvalue weighted by atomic mass is 16.5. The van der Waals surface area contributed by atoms with Crippen LogP contribution in [0.25, 0.3) is 5.69 Å². The van der Waals surface area contributed by atoms with Crippen molar-refractivity contribution in [3.63, 3.8) is 0 Å². The van der Waals surface area contributed by atoms with Gasteiger partial charge < -0.3 is 9.64 Å². The Morgan fingerprint density at radius 3 is 2.58 bits per heavy atom. The molecule has 0 saturated heterocycles. The Hall–Kier alpha value is -2.57. The highest BCUT2D eigenvalue weighted by Gasteiger charge is 2.42. The van der Waals surface area contributed by atoms with Crippen LogP contribution in [0.4, 0.5) is 0 Å². The van der Waals surface area contributed by atoms with Crippen LogP contribution < -0.4 is 15.0 Å². The van der Waals surface area contributed by atoms with Crippen LogP contribution in [0.5, 0.6) is 5.75 Å². The van der Waals surface area contributed by atoms with E-state index >= 15 is 0 Å². The molecule has 0 radical (unpaired) electrons. The Balaban J connectivity index is 1.63.